The summed E-state index contributed by atoms with van der Waals surface area (Å²) in [6.07, 6.45) is 1.76. The summed E-state index contributed by atoms with van der Waals surface area (Å²) in [7, 11) is 0. The second-order valence-electron chi connectivity index (χ2n) is 6.51. The molecule has 1 fully saturated rings. The van der Waals surface area contributed by atoms with Crippen LogP contribution in [0.2, 0.25) is 0 Å². The summed E-state index contributed by atoms with van der Waals surface area (Å²) in [6, 6.07) is 5.41. The van der Waals surface area contributed by atoms with Crippen molar-refractivity contribution in [2.24, 2.45) is 5.92 Å². The minimum absolute atomic E-state index is 0.124. The minimum Gasteiger partial charge on any atom is -0.481 e. The fraction of sp³-hybridized carbons (Fsp3) is 0.389. The monoisotopic (exact) mass is 355 g/mol. The molecule has 1 amide bonds. The van der Waals surface area contributed by atoms with Gasteiger partial charge >= 0.3 is 5.97 Å². The highest BCUT2D eigenvalue weighted by Gasteiger charge is 2.41. The molecule has 1 aliphatic rings. The Morgan fingerprint density at radius 2 is 1.92 bits per heavy atom. The molecule has 0 spiro atoms. The van der Waals surface area contributed by atoms with E-state index in [2.05, 4.69) is 15.0 Å². The molecule has 0 bridgehead atoms. The molecule has 1 aliphatic heterocycles. The first kappa shape index (κ1) is 17.8. The van der Waals surface area contributed by atoms with E-state index in [9.17, 15) is 14.7 Å². The number of rotatable bonds is 4. The van der Waals surface area contributed by atoms with Crippen molar-refractivity contribution in [2.45, 2.75) is 26.2 Å². The Bertz CT molecular complexity index is 817. The largest absolute Gasteiger partial charge is 0.481 e. The van der Waals surface area contributed by atoms with Crippen LogP contribution >= 0.6 is 0 Å². The first-order valence-corrected chi connectivity index (χ1v) is 8.38. The lowest BCUT2D eigenvalue weighted by atomic mass is 9.93. The number of nitrogens with zero attached hydrogens (tertiary/aromatic N) is 4. The van der Waals surface area contributed by atoms with Gasteiger partial charge in [0, 0.05) is 47.8 Å². The van der Waals surface area contributed by atoms with E-state index in [0.29, 0.717) is 23.6 Å². The fourth-order valence-electron chi connectivity index (χ4n) is 3.44. The molecule has 2 aromatic heterocycles. The van der Waals surface area contributed by atoms with E-state index in [0.717, 1.165) is 5.56 Å². The summed E-state index contributed by atoms with van der Waals surface area (Å²) in [5.74, 6) is -1.87. The molecule has 0 radical (unpaired) electrons. The number of nitrogens with two attached hydrogens (primary N) is 1. The van der Waals surface area contributed by atoms with Crippen LogP contribution in [0.3, 0.4) is 0 Å². The number of nitrogen functional groups attached to an aromatic ring is 1. The van der Waals surface area contributed by atoms with Crippen molar-refractivity contribution < 1.29 is 14.7 Å². The summed E-state index contributed by atoms with van der Waals surface area (Å²) in [6.45, 7) is 4.08. The lowest BCUT2D eigenvalue weighted by molar-refractivity contribution is -0.141. The van der Waals surface area contributed by atoms with E-state index in [1.807, 2.05) is 6.07 Å². The molecule has 3 N–H and O–H groups in total. The van der Waals surface area contributed by atoms with Gasteiger partial charge in [0.15, 0.2) is 0 Å². The first-order valence-electron chi connectivity index (χ1n) is 8.38. The smallest absolute Gasteiger partial charge is 0.309 e. The van der Waals surface area contributed by atoms with Gasteiger partial charge in [0.05, 0.1) is 12.3 Å². The van der Waals surface area contributed by atoms with Crippen LogP contribution in [0.1, 0.15) is 28.6 Å². The highest BCUT2D eigenvalue weighted by molar-refractivity contribution is 5.81. The van der Waals surface area contributed by atoms with Crippen molar-refractivity contribution >= 4 is 17.8 Å². The second kappa shape index (κ2) is 7.07. The standard InChI is InChI=1S/C18H21N5O3/c1-10-12(11(2)22-18(19)21-10)7-16(24)23-8-13(14(9-23)17(25)26)15-5-3-4-6-20-15/h3-6,13-14H,7-9H2,1-2H3,(H,25,26)(H2,19,21,22)/t13-,14-/m0/s1. The van der Waals surface area contributed by atoms with E-state index >= 15 is 0 Å². The third-order valence-corrected chi connectivity index (χ3v) is 4.82. The van der Waals surface area contributed by atoms with Gasteiger partial charge in [-0.05, 0) is 26.0 Å². The van der Waals surface area contributed by atoms with Crippen LogP contribution in [0.4, 0.5) is 5.95 Å². The number of carbonyl (C=O) groups is 2. The fourth-order valence-corrected chi connectivity index (χ4v) is 3.44. The lowest BCUT2D eigenvalue weighted by Crippen LogP contribution is -2.31. The number of carbonyl (C=O) groups excluding carboxylic acids is 1. The van der Waals surface area contributed by atoms with Crippen molar-refractivity contribution in [3.63, 3.8) is 0 Å². The normalized spacial score (nSPS) is 19.5. The molecular weight excluding hydrogens is 334 g/mol. The Morgan fingerprint density at radius 1 is 1.23 bits per heavy atom. The number of carboxylic acids is 1. The third kappa shape index (κ3) is 3.49. The number of aliphatic carboxylic acids is 1. The van der Waals surface area contributed by atoms with Gasteiger partial charge in [0.1, 0.15) is 0 Å². The number of aryl methyl sites for hydroxylation is 2. The Morgan fingerprint density at radius 3 is 2.50 bits per heavy atom. The van der Waals surface area contributed by atoms with Gasteiger partial charge in [-0.15, -0.1) is 0 Å². The van der Waals surface area contributed by atoms with Crippen LogP contribution in [0.15, 0.2) is 24.4 Å². The van der Waals surface area contributed by atoms with Gasteiger partial charge in [-0.1, -0.05) is 6.07 Å². The quantitative estimate of drug-likeness (QED) is 0.837. The highest BCUT2D eigenvalue weighted by atomic mass is 16.4. The Hall–Kier alpha value is -3.03. The Kier molecular flexibility index (Phi) is 4.83. The van der Waals surface area contributed by atoms with E-state index in [1.54, 1.807) is 37.1 Å². The number of likely N-dealkylation sites (tertiary alicyclic amines) is 1. The molecule has 0 aromatic carbocycles. The van der Waals surface area contributed by atoms with E-state index in [-0.39, 0.29) is 30.7 Å². The summed E-state index contributed by atoms with van der Waals surface area (Å²) in [5.41, 5.74) is 8.38. The molecule has 26 heavy (non-hydrogen) atoms. The summed E-state index contributed by atoms with van der Waals surface area (Å²) in [4.78, 5) is 38.5. The molecule has 0 saturated carbocycles. The van der Waals surface area contributed by atoms with Gasteiger partial charge in [-0.25, -0.2) is 9.97 Å². The van der Waals surface area contributed by atoms with Crippen molar-refractivity contribution in [2.75, 3.05) is 18.8 Å². The summed E-state index contributed by atoms with van der Waals surface area (Å²) >= 11 is 0. The molecule has 8 heteroatoms. The molecule has 8 nitrogen and oxygen atoms in total. The van der Waals surface area contributed by atoms with Crippen molar-refractivity contribution in [1.29, 1.82) is 0 Å². The molecule has 0 unspecified atom stereocenters. The van der Waals surface area contributed by atoms with Crippen molar-refractivity contribution in [3.8, 4) is 0 Å². The molecular formula is C18H21N5O3. The molecule has 2 aromatic rings. The zero-order valence-corrected chi connectivity index (χ0v) is 14.7. The number of anilines is 1. The van der Waals surface area contributed by atoms with Crippen LogP contribution < -0.4 is 5.73 Å². The predicted molar refractivity (Wildman–Crippen MR) is 94.3 cm³/mol. The number of hydrogen-bond donors (Lipinski definition) is 2. The molecule has 3 rings (SSSR count). The predicted octanol–water partition coefficient (Wildman–Crippen LogP) is 0.940. The number of aromatic nitrogens is 3. The average Bonchev–Trinajstić information content (AvgIpc) is 3.04. The van der Waals surface area contributed by atoms with Crippen LogP contribution in [0, 0.1) is 19.8 Å². The molecule has 2 atom stereocenters. The van der Waals surface area contributed by atoms with Gasteiger partial charge in [-0.3, -0.25) is 14.6 Å². The van der Waals surface area contributed by atoms with Gasteiger partial charge in [0.25, 0.3) is 0 Å². The Labute approximate surface area is 151 Å². The van der Waals surface area contributed by atoms with Gasteiger partial charge in [0.2, 0.25) is 11.9 Å². The Balaban J connectivity index is 1.80. The maximum absolute atomic E-state index is 12.8. The van der Waals surface area contributed by atoms with Crippen LogP contribution in [0.5, 0.6) is 0 Å². The molecule has 136 valence electrons. The molecule has 0 aliphatic carbocycles. The number of amides is 1. The molecule has 1 saturated heterocycles. The van der Waals surface area contributed by atoms with Crippen LogP contribution in [-0.4, -0.2) is 49.9 Å². The maximum Gasteiger partial charge on any atom is 0.309 e. The molecule has 3 heterocycles. The van der Waals surface area contributed by atoms with Crippen molar-refractivity contribution in [1.82, 2.24) is 19.9 Å². The third-order valence-electron chi connectivity index (χ3n) is 4.82. The van der Waals surface area contributed by atoms with Crippen LogP contribution in [-0.2, 0) is 16.0 Å². The number of hydrogen-bond acceptors (Lipinski definition) is 6. The van der Waals surface area contributed by atoms with E-state index < -0.39 is 11.9 Å². The minimum atomic E-state index is -0.917. The summed E-state index contributed by atoms with van der Waals surface area (Å²) < 4.78 is 0. The topological polar surface area (TPSA) is 122 Å². The summed E-state index contributed by atoms with van der Waals surface area (Å²) in [5, 5.41) is 9.55. The van der Waals surface area contributed by atoms with Gasteiger partial charge < -0.3 is 15.7 Å². The maximum atomic E-state index is 12.8. The van der Waals surface area contributed by atoms with Gasteiger partial charge in [-0.2, -0.15) is 0 Å². The van der Waals surface area contributed by atoms with Crippen LogP contribution in [0.25, 0.3) is 0 Å². The lowest BCUT2D eigenvalue weighted by Gasteiger charge is -2.17. The van der Waals surface area contributed by atoms with E-state index in [4.69, 9.17) is 5.73 Å². The SMILES string of the molecule is Cc1nc(N)nc(C)c1CC(=O)N1C[C@H](C(=O)O)[C@@H](c2ccccn2)C1. The van der Waals surface area contributed by atoms with Crippen molar-refractivity contribution in [3.05, 3.63) is 47.0 Å². The second-order valence-corrected chi connectivity index (χ2v) is 6.51. The zero-order valence-electron chi connectivity index (χ0n) is 14.7. The first-order chi connectivity index (χ1) is 12.4. The average molecular weight is 355 g/mol. The highest BCUT2D eigenvalue weighted by Crippen LogP contribution is 2.32. The van der Waals surface area contributed by atoms with E-state index in [1.165, 1.54) is 0 Å². The number of carboxylic acid groups (broad SMARTS) is 1. The zero-order chi connectivity index (χ0) is 18.8. The number of pyridine rings is 1.